The quantitative estimate of drug-likeness (QED) is 0.713. The second-order valence-electron chi connectivity index (χ2n) is 5.98. The number of benzene rings is 1. The molecule has 0 amide bonds. The van der Waals surface area contributed by atoms with Crippen LogP contribution < -0.4 is 5.32 Å². The van der Waals surface area contributed by atoms with Gasteiger partial charge >= 0.3 is 0 Å². The Bertz CT molecular complexity index is 395. The molecule has 1 atom stereocenters. The van der Waals surface area contributed by atoms with E-state index >= 15 is 0 Å². The lowest BCUT2D eigenvalue weighted by molar-refractivity contribution is 0.548. The average Bonchev–Trinajstić information content (AvgIpc) is 2.35. The fraction of sp³-hybridized carbons (Fsp3) is 0.625. The first-order valence-corrected chi connectivity index (χ1v) is 8.88. The number of halogens is 2. The summed E-state index contributed by atoms with van der Waals surface area (Å²) in [4.78, 5) is 0. The van der Waals surface area contributed by atoms with E-state index in [2.05, 4.69) is 33.0 Å². The van der Waals surface area contributed by atoms with Crippen LogP contribution in [0, 0.1) is 0 Å². The molecule has 0 radical (unpaired) electrons. The van der Waals surface area contributed by atoms with Crippen molar-refractivity contribution in [1.29, 1.82) is 0 Å². The van der Waals surface area contributed by atoms with Gasteiger partial charge in [-0.3, -0.25) is 0 Å². The molecule has 0 spiro atoms. The van der Waals surface area contributed by atoms with E-state index in [9.17, 15) is 0 Å². The molecule has 1 nitrogen and oxygen atoms in total. The number of rotatable bonds is 7. The minimum atomic E-state index is 0.274. The van der Waals surface area contributed by atoms with Gasteiger partial charge in [0, 0.05) is 26.6 Å². The van der Waals surface area contributed by atoms with Crippen molar-refractivity contribution in [1.82, 2.24) is 5.32 Å². The highest BCUT2D eigenvalue weighted by atomic mass is 35.5. The van der Waals surface area contributed by atoms with Crippen molar-refractivity contribution in [2.45, 2.75) is 51.3 Å². The first-order chi connectivity index (χ1) is 9.33. The topological polar surface area (TPSA) is 12.0 Å². The standard InChI is InChI=1S/C16H25Cl2NS/c1-5-9-19-12(11-20-16(2,3)4)10-13-14(17)7-6-8-15(13)18/h6-8,12,19H,5,9-11H2,1-4H3. The van der Waals surface area contributed by atoms with Crippen LogP contribution in [0.3, 0.4) is 0 Å². The van der Waals surface area contributed by atoms with Crippen LogP contribution in [0.2, 0.25) is 10.0 Å². The van der Waals surface area contributed by atoms with Crippen molar-refractivity contribution in [3.8, 4) is 0 Å². The molecule has 1 rings (SSSR count). The minimum Gasteiger partial charge on any atom is -0.313 e. The van der Waals surface area contributed by atoms with Crippen LogP contribution in [0.5, 0.6) is 0 Å². The Morgan fingerprint density at radius 3 is 2.30 bits per heavy atom. The third kappa shape index (κ3) is 6.71. The van der Waals surface area contributed by atoms with Crippen LogP contribution in [-0.4, -0.2) is 23.1 Å². The van der Waals surface area contributed by atoms with E-state index in [0.29, 0.717) is 6.04 Å². The largest absolute Gasteiger partial charge is 0.313 e. The minimum absolute atomic E-state index is 0.274. The highest BCUT2D eigenvalue weighted by molar-refractivity contribution is 8.00. The van der Waals surface area contributed by atoms with Crippen LogP contribution in [0.25, 0.3) is 0 Å². The molecule has 1 unspecified atom stereocenters. The highest BCUT2D eigenvalue weighted by Gasteiger charge is 2.18. The van der Waals surface area contributed by atoms with Gasteiger partial charge in [0.2, 0.25) is 0 Å². The van der Waals surface area contributed by atoms with Crippen LogP contribution in [0.15, 0.2) is 18.2 Å². The SMILES string of the molecule is CCCNC(CSC(C)(C)C)Cc1c(Cl)cccc1Cl. The van der Waals surface area contributed by atoms with Gasteiger partial charge in [0.25, 0.3) is 0 Å². The second-order valence-corrected chi connectivity index (χ2v) is 8.64. The maximum absolute atomic E-state index is 6.28. The van der Waals surface area contributed by atoms with Gasteiger partial charge in [-0.2, -0.15) is 11.8 Å². The summed E-state index contributed by atoms with van der Waals surface area (Å²) in [6, 6.07) is 6.12. The molecule has 0 saturated heterocycles. The average molecular weight is 334 g/mol. The van der Waals surface area contributed by atoms with Crippen molar-refractivity contribution in [2.75, 3.05) is 12.3 Å². The number of hydrogen-bond acceptors (Lipinski definition) is 2. The van der Waals surface area contributed by atoms with Crippen molar-refractivity contribution >= 4 is 35.0 Å². The molecular formula is C16H25Cl2NS. The Morgan fingerprint density at radius 2 is 1.80 bits per heavy atom. The van der Waals surface area contributed by atoms with Gasteiger partial charge in [0.05, 0.1) is 0 Å². The van der Waals surface area contributed by atoms with Crippen molar-refractivity contribution < 1.29 is 0 Å². The maximum atomic E-state index is 6.28. The maximum Gasteiger partial charge on any atom is 0.0453 e. The third-order valence-electron chi connectivity index (χ3n) is 2.91. The van der Waals surface area contributed by atoms with Gasteiger partial charge < -0.3 is 5.32 Å². The molecule has 0 fully saturated rings. The van der Waals surface area contributed by atoms with Gasteiger partial charge in [-0.15, -0.1) is 0 Å². The second kappa shape index (κ2) is 8.53. The van der Waals surface area contributed by atoms with Gasteiger partial charge in [0.1, 0.15) is 0 Å². The first-order valence-electron chi connectivity index (χ1n) is 7.13. The molecule has 0 bridgehead atoms. The predicted molar refractivity (Wildman–Crippen MR) is 94.5 cm³/mol. The third-order valence-corrected chi connectivity index (χ3v) is 5.06. The van der Waals surface area contributed by atoms with E-state index in [-0.39, 0.29) is 4.75 Å². The smallest absolute Gasteiger partial charge is 0.0453 e. The number of nitrogens with one attached hydrogen (secondary N) is 1. The van der Waals surface area contributed by atoms with Crippen LogP contribution in [0.1, 0.15) is 39.7 Å². The summed E-state index contributed by atoms with van der Waals surface area (Å²) in [5.41, 5.74) is 1.05. The molecule has 0 aliphatic carbocycles. The van der Waals surface area contributed by atoms with E-state index in [1.165, 1.54) is 0 Å². The molecule has 4 heteroatoms. The highest BCUT2D eigenvalue weighted by Crippen LogP contribution is 2.28. The molecular weight excluding hydrogens is 309 g/mol. The van der Waals surface area contributed by atoms with Gasteiger partial charge in [-0.05, 0) is 37.1 Å². The Hall–Kier alpha value is 0.110. The van der Waals surface area contributed by atoms with Crippen molar-refractivity contribution in [3.63, 3.8) is 0 Å². The molecule has 1 N–H and O–H groups in total. The molecule has 0 heterocycles. The Morgan fingerprint density at radius 1 is 1.20 bits per heavy atom. The van der Waals surface area contributed by atoms with Crippen LogP contribution >= 0.6 is 35.0 Å². The zero-order valence-electron chi connectivity index (χ0n) is 12.8. The van der Waals surface area contributed by atoms with Crippen molar-refractivity contribution in [3.05, 3.63) is 33.8 Å². The van der Waals surface area contributed by atoms with E-state index < -0.39 is 0 Å². The molecule has 114 valence electrons. The van der Waals surface area contributed by atoms with E-state index in [4.69, 9.17) is 23.2 Å². The molecule has 20 heavy (non-hydrogen) atoms. The Kier molecular flexibility index (Phi) is 7.74. The van der Waals surface area contributed by atoms with Crippen molar-refractivity contribution in [2.24, 2.45) is 0 Å². The molecule has 0 aliphatic heterocycles. The zero-order valence-corrected chi connectivity index (χ0v) is 15.1. The fourth-order valence-corrected chi connectivity index (χ4v) is 3.35. The summed E-state index contributed by atoms with van der Waals surface area (Å²) >= 11 is 14.5. The molecule has 0 aromatic heterocycles. The lowest BCUT2D eigenvalue weighted by Crippen LogP contribution is -2.35. The number of hydrogen-bond donors (Lipinski definition) is 1. The summed E-state index contributed by atoms with van der Waals surface area (Å²) < 4.78 is 0.274. The summed E-state index contributed by atoms with van der Waals surface area (Å²) in [6.45, 7) is 9.95. The van der Waals surface area contributed by atoms with Crippen LogP contribution in [-0.2, 0) is 6.42 Å². The Labute approximate surface area is 137 Å². The van der Waals surface area contributed by atoms with Gasteiger partial charge in [-0.25, -0.2) is 0 Å². The fourth-order valence-electron chi connectivity index (χ4n) is 1.86. The monoisotopic (exact) mass is 333 g/mol. The van der Waals surface area contributed by atoms with Gasteiger partial charge in [0.15, 0.2) is 0 Å². The lowest BCUT2D eigenvalue weighted by atomic mass is 10.1. The molecule has 1 aromatic carbocycles. The Balaban J connectivity index is 2.73. The molecule has 0 saturated carbocycles. The van der Waals surface area contributed by atoms with E-state index in [0.717, 1.165) is 40.7 Å². The number of thioether (sulfide) groups is 1. The molecule has 1 aromatic rings. The van der Waals surface area contributed by atoms with E-state index in [1.807, 2.05) is 30.0 Å². The van der Waals surface area contributed by atoms with E-state index in [1.54, 1.807) is 0 Å². The predicted octanol–water partition coefficient (Wildman–Crippen LogP) is 5.44. The lowest BCUT2D eigenvalue weighted by Gasteiger charge is -2.24. The van der Waals surface area contributed by atoms with Crippen LogP contribution in [0.4, 0.5) is 0 Å². The summed E-state index contributed by atoms with van der Waals surface area (Å²) in [5, 5.41) is 5.14. The van der Waals surface area contributed by atoms with Gasteiger partial charge in [-0.1, -0.05) is 57.0 Å². The summed E-state index contributed by atoms with van der Waals surface area (Å²) in [6.07, 6.45) is 2.01. The summed E-state index contributed by atoms with van der Waals surface area (Å²) in [7, 11) is 0. The normalized spacial score (nSPS) is 13.5. The zero-order chi connectivity index (χ0) is 15.2. The summed E-state index contributed by atoms with van der Waals surface area (Å²) in [5.74, 6) is 1.06. The molecule has 0 aliphatic rings. The first kappa shape index (κ1) is 18.2.